The fourth-order valence-electron chi connectivity index (χ4n) is 1.66. The molecule has 0 radical (unpaired) electrons. The third-order valence-electron chi connectivity index (χ3n) is 2.56. The van der Waals surface area contributed by atoms with Crippen molar-refractivity contribution in [1.82, 2.24) is 9.97 Å². The number of hydrogen-bond donors (Lipinski definition) is 0. The zero-order valence-electron chi connectivity index (χ0n) is 11.1. The first-order chi connectivity index (χ1) is 9.85. The van der Waals surface area contributed by atoms with E-state index >= 15 is 0 Å². The van der Waals surface area contributed by atoms with E-state index in [2.05, 4.69) is 28.1 Å². The Balaban J connectivity index is 2.45. The lowest BCUT2D eigenvalue weighted by atomic mass is 10.2. The normalized spacial score (nSPS) is 12.0. The van der Waals surface area contributed by atoms with Gasteiger partial charge in [-0.25, -0.2) is 4.99 Å². The SMILES string of the molecule is C=C/C=C(\N=C(C=C)c1ccccn1)c1ccccn1. The Kier molecular flexibility index (Phi) is 4.73. The molecule has 0 saturated carbocycles. The molecule has 2 aromatic heterocycles. The van der Waals surface area contributed by atoms with Crippen LogP contribution in [0.4, 0.5) is 0 Å². The summed E-state index contributed by atoms with van der Waals surface area (Å²) >= 11 is 0. The van der Waals surface area contributed by atoms with Gasteiger partial charge < -0.3 is 0 Å². The molecule has 20 heavy (non-hydrogen) atoms. The molecule has 0 bridgehead atoms. The Labute approximate surface area is 118 Å². The summed E-state index contributed by atoms with van der Waals surface area (Å²) in [5.74, 6) is 0. The van der Waals surface area contributed by atoms with Crippen molar-refractivity contribution >= 4 is 11.4 Å². The maximum Gasteiger partial charge on any atom is 0.0894 e. The molecule has 0 amide bonds. The third-order valence-corrected chi connectivity index (χ3v) is 2.56. The number of allylic oxidation sites excluding steroid dienone is 3. The molecular weight excluding hydrogens is 246 g/mol. The fraction of sp³-hybridized carbons (Fsp3) is 0. The zero-order chi connectivity index (χ0) is 14.2. The first-order valence-electron chi connectivity index (χ1n) is 6.22. The summed E-state index contributed by atoms with van der Waals surface area (Å²) in [6.45, 7) is 7.52. The van der Waals surface area contributed by atoms with Gasteiger partial charge in [-0.05, 0) is 36.4 Å². The van der Waals surface area contributed by atoms with Gasteiger partial charge in [0, 0.05) is 12.4 Å². The molecule has 3 nitrogen and oxygen atoms in total. The van der Waals surface area contributed by atoms with Crippen molar-refractivity contribution in [1.29, 1.82) is 0 Å². The second-order valence-corrected chi connectivity index (χ2v) is 3.92. The van der Waals surface area contributed by atoms with E-state index in [-0.39, 0.29) is 0 Å². The van der Waals surface area contributed by atoms with Crippen molar-refractivity contribution in [3.63, 3.8) is 0 Å². The minimum Gasteiger partial charge on any atom is -0.255 e. The molecular formula is C17H15N3. The Morgan fingerprint density at radius 2 is 1.60 bits per heavy atom. The molecule has 2 heterocycles. The van der Waals surface area contributed by atoms with Gasteiger partial charge in [0.1, 0.15) is 0 Å². The zero-order valence-corrected chi connectivity index (χ0v) is 11.1. The van der Waals surface area contributed by atoms with Crippen LogP contribution in [0.2, 0.25) is 0 Å². The molecule has 2 aromatic rings. The highest BCUT2D eigenvalue weighted by Crippen LogP contribution is 2.15. The van der Waals surface area contributed by atoms with E-state index in [1.165, 1.54) is 0 Å². The van der Waals surface area contributed by atoms with Gasteiger partial charge in [-0.3, -0.25) is 9.97 Å². The highest BCUT2D eigenvalue weighted by atomic mass is 14.8. The van der Waals surface area contributed by atoms with Crippen LogP contribution in [-0.4, -0.2) is 15.7 Å². The van der Waals surface area contributed by atoms with Crippen LogP contribution in [0, 0.1) is 0 Å². The Morgan fingerprint density at radius 3 is 2.10 bits per heavy atom. The lowest BCUT2D eigenvalue weighted by molar-refractivity contribution is 1.25. The number of aromatic nitrogens is 2. The Bertz CT molecular complexity index is 640. The number of rotatable bonds is 5. The van der Waals surface area contributed by atoms with Gasteiger partial charge in [0.15, 0.2) is 0 Å². The average molecular weight is 261 g/mol. The van der Waals surface area contributed by atoms with Crippen LogP contribution < -0.4 is 0 Å². The monoisotopic (exact) mass is 261 g/mol. The minimum atomic E-state index is 0.698. The van der Waals surface area contributed by atoms with Crippen molar-refractivity contribution in [2.24, 2.45) is 4.99 Å². The summed E-state index contributed by atoms with van der Waals surface area (Å²) in [7, 11) is 0. The molecule has 0 unspecified atom stereocenters. The van der Waals surface area contributed by atoms with Gasteiger partial charge in [0.2, 0.25) is 0 Å². The second-order valence-electron chi connectivity index (χ2n) is 3.92. The number of hydrogen-bond acceptors (Lipinski definition) is 3. The highest BCUT2D eigenvalue weighted by Gasteiger charge is 2.04. The molecule has 0 N–H and O–H groups in total. The summed E-state index contributed by atoms with van der Waals surface area (Å²) < 4.78 is 0. The van der Waals surface area contributed by atoms with E-state index in [0.717, 1.165) is 17.1 Å². The van der Waals surface area contributed by atoms with E-state index < -0.39 is 0 Å². The van der Waals surface area contributed by atoms with Crippen molar-refractivity contribution < 1.29 is 0 Å². The van der Waals surface area contributed by atoms with Crippen LogP contribution in [-0.2, 0) is 0 Å². The maximum absolute atomic E-state index is 4.59. The third kappa shape index (κ3) is 3.36. The van der Waals surface area contributed by atoms with E-state index in [9.17, 15) is 0 Å². The Hall–Kier alpha value is -2.81. The molecule has 0 aliphatic heterocycles. The molecule has 0 fully saturated rings. The van der Waals surface area contributed by atoms with Crippen molar-refractivity contribution in [2.45, 2.75) is 0 Å². The molecule has 98 valence electrons. The molecule has 3 heteroatoms. The van der Waals surface area contributed by atoms with Gasteiger partial charge in [-0.2, -0.15) is 0 Å². The molecule has 2 rings (SSSR count). The van der Waals surface area contributed by atoms with E-state index in [1.54, 1.807) is 24.5 Å². The van der Waals surface area contributed by atoms with Crippen LogP contribution in [0.3, 0.4) is 0 Å². The Morgan fingerprint density at radius 1 is 0.950 bits per heavy atom. The minimum absolute atomic E-state index is 0.698. The first kappa shape index (κ1) is 13.6. The number of nitrogens with zero attached hydrogens (tertiary/aromatic N) is 3. The van der Waals surface area contributed by atoms with Crippen LogP contribution in [0.15, 0.2) is 85.2 Å². The van der Waals surface area contributed by atoms with Crippen molar-refractivity contribution in [2.75, 3.05) is 0 Å². The summed E-state index contributed by atoms with van der Waals surface area (Å²) in [4.78, 5) is 13.2. The topological polar surface area (TPSA) is 38.1 Å². The largest absolute Gasteiger partial charge is 0.255 e. The molecule has 0 atom stereocenters. The molecule has 0 aliphatic rings. The van der Waals surface area contributed by atoms with E-state index in [0.29, 0.717) is 5.71 Å². The van der Waals surface area contributed by atoms with Crippen molar-refractivity contribution in [3.8, 4) is 0 Å². The molecule has 0 aromatic carbocycles. The smallest absolute Gasteiger partial charge is 0.0894 e. The number of pyridine rings is 2. The van der Waals surface area contributed by atoms with Gasteiger partial charge in [0.25, 0.3) is 0 Å². The summed E-state index contributed by atoms with van der Waals surface area (Å²) in [5.41, 5.74) is 2.97. The summed E-state index contributed by atoms with van der Waals surface area (Å²) in [6.07, 6.45) is 8.64. The van der Waals surface area contributed by atoms with Crippen LogP contribution >= 0.6 is 0 Å². The molecule has 0 spiro atoms. The average Bonchev–Trinajstić information content (AvgIpc) is 2.53. The predicted molar refractivity (Wildman–Crippen MR) is 83.4 cm³/mol. The fourth-order valence-corrected chi connectivity index (χ4v) is 1.66. The van der Waals surface area contributed by atoms with Gasteiger partial charge in [-0.1, -0.05) is 31.4 Å². The van der Waals surface area contributed by atoms with Crippen LogP contribution in [0.1, 0.15) is 11.4 Å². The standard InChI is InChI=1S/C17H15N3/c1-3-9-17(16-11-6-8-13-19-16)20-14(4-2)15-10-5-7-12-18-15/h3-13H,1-2H2/b17-9-,20-14?. The van der Waals surface area contributed by atoms with Gasteiger partial charge in [0.05, 0.1) is 22.8 Å². The van der Waals surface area contributed by atoms with Crippen molar-refractivity contribution in [3.05, 3.63) is 91.6 Å². The van der Waals surface area contributed by atoms with Gasteiger partial charge >= 0.3 is 0 Å². The maximum atomic E-state index is 4.59. The lowest BCUT2D eigenvalue weighted by Gasteiger charge is -2.04. The van der Waals surface area contributed by atoms with E-state index in [4.69, 9.17) is 0 Å². The second kappa shape index (κ2) is 6.95. The quantitative estimate of drug-likeness (QED) is 0.608. The summed E-state index contributed by atoms with van der Waals surface area (Å²) in [6, 6.07) is 11.4. The molecule has 0 saturated heterocycles. The van der Waals surface area contributed by atoms with Crippen LogP contribution in [0.5, 0.6) is 0 Å². The highest BCUT2D eigenvalue weighted by molar-refractivity contribution is 6.09. The van der Waals surface area contributed by atoms with Crippen LogP contribution in [0.25, 0.3) is 5.70 Å². The molecule has 0 aliphatic carbocycles. The van der Waals surface area contributed by atoms with Gasteiger partial charge in [-0.15, -0.1) is 0 Å². The predicted octanol–water partition coefficient (Wildman–Crippen LogP) is 3.68. The number of aliphatic imine (C=N–C) groups is 1. The first-order valence-corrected chi connectivity index (χ1v) is 6.22. The lowest BCUT2D eigenvalue weighted by Crippen LogP contribution is -2.00. The van der Waals surface area contributed by atoms with E-state index in [1.807, 2.05) is 42.5 Å². The summed E-state index contributed by atoms with van der Waals surface area (Å²) in [5, 5.41) is 0.